The van der Waals surface area contributed by atoms with E-state index in [2.05, 4.69) is 36.4 Å². The number of nitrogens with zero attached hydrogens (tertiary/aromatic N) is 3. The standard InChI is InChI=1S/C11H11BrN4/c1-7-11(8(2)14-13-7)16-15-10-5-3-9(12)4-6-10/h3-6H,1-2H3,(H,13,14). The van der Waals surface area contributed by atoms with Crippen LogP contribution < -0.4 is 0 Å². The van der Waals surface area contributed by atoms with Gasteiger partial charge in [-0.15, -0.1) is 5.11 Å². The van der Waals surface area contributed by atoms with Gasteiger partial charge in [0.25, 0.3) is 0 Å². The minimum absolute atomic E-state index is 0.808. The fourth-order valence-electron chi connectivity index (χ4n) is 1.31. The number of hydrogen-bond donors (Lipinski definition) is 1. The molecule has 0 atom stereocenters. The summed E-state index contributed by atoms with van der Waals surface area (Å²) < 4.78 is 1.03. The van der Waals surface area contributed by atoms with Crippen molar-refractivity contribution in [1.82, 2.24) is 10.2 Å². The Labute approximate surface area is 102 Å². The van der Waals surface area contributed by atoms with Crippen LogP contribution in [0.15, 0.2) is 39.0 Å². The van der Waals surface area contributed by atoms with Crippen LogP contribution in [-0.2, 0) is 0 Å². The van der Waals surface area contributed by atoms with E-state index in [9.17, 15) is 0 Å². The van der Waals surface area contributed by atoms with Crippen LogP contribution in [0.1, 0.15) is 11.4 Å². The second-order valence-electron chi connectivity index (χ2n) is 3.46. The van der Waals surface area contributed by atoms with Gasteiger partial charge in [-0.1, -0.05) is 15.9 Å². The minimum atomic E-state index is 0.808. The maximum atomic E-state index is 4.18. The van der Waals surface area contributed by atoms with E-state index < -0.39 is 0 Å². The first-order valence-corrected chi connectivity index (χ1v) is 5.65. The molecular weight excluding hydrogens is 268 g/mol. The van der Waals surface area contributed by atoms with E-state index in [0.717, 1.165) is 27.2 Å². The van der Waals surface area contributed by atoms with E-state index in [1.54, 1.807) is 0 Å². The van der Waals surface area contributed by atoms with Gasteiger partial charge < -0.3 is 0 Å². The largest absolute Gasteiger partial charge is 0.280 e. The van der Waals surface area contributed by atoms with Gasteiger partial charge >= 0.3 is 0 Å². The summed E-state index contributed by atoms with van der Waals surface area (Å²) in [5.74, 6) is 0. The molecule has 4 nitrogen and oxygen atoms in total. The number of aryl methyl sites for hydroxylation is 2. The molecule has 0 fully saturated rings. The third-order valence-corrected chi connectivity index (χ3v) is 2.71. The average molecular weight is 279 g/mol. The molecule has 0 amide bonds. The van der Waals surface area contributed by atoms with Gasteiger partial charge in [0.05, 0.1) is 17.1 Å². The summed E-state index contributed by atoms with van der Waals surface area (Å²) in [6.45, 7) is 3.83. The number of halogens is 1. The number of hydrogen-bond acceptors (Lipinski definition) is 3. The highest BCUT2D eigenvalue weighted by atomic mass is 79.9. The van der Waals surface area contributed by atoms with Crippen molar-refractivity contribution in [1.29, 1.82) is 0 Å². The molecule has 0 bridgehead atoms. The lowest BCUT2D eigenvalue weighted by Crippen LogP contribution is -1.69. The zero-order chi connectivity index (χ0) is 11.5. The number of nitrogens with one attached hydrogen (secondary N) is 1. The molecule has 1 heterocycles. The minimum Gasteiger partial charge on any atom is -0.280 e. The first kappa shape index (κ1) is 11.0. The van der Waals surface area contributed by atoms with Crippen LogP contribution >= 0.6 is 15.9 Å². The Morgan fingerprint density at radius 1 is 1.12 bits per heavy atom. The SMILES string of the molecule is Cc1n[nH]c(C)c1N=Nc1ccc(Br)cc1. The van der Waals surface area contributed by atoms with Gasteiger partial charge in [0.15, 0.2) is 0 Å². The van der Waals surface area contributed by atoms with E-state index in [-0.39, 0.29) is 0 Å². The predicted molar refractivity (Wildman–Crippen MR) is 66.4 cm³/mol. The Bertz CT molecular complexity index is 494. The van der Waals surface area contributed by atoms with Gasteiger partial charge in [0, 0.05) is 4.47 Å². The maximum Gasteiger partial charge on any atom is 0.129 e. The van der Waals surface area contributed by atoms with Gasteiger partial charge in [0.2, 0.25) is 0 Å². The van der Waals surface area contributed by atoms with Crippen molar-refractivity contribution in [2.45, 2.75) is 13.8 Å². The summed E-state index contributed by atoms with van der Waals surface area (Å²) >= 11 is 3.37. The monoisotopic (exact) mass is 278 g/mol. The molecule has 0 aliphatic rings. The van der Waals surface area contributed by atoms with E-state index in [0.29, 0.717) is 0 Å². The third-order valence-electron chi connectivity index (χ3n) is 2.18. The molecule has 0 spiro atoms. The second kappa shape index (κ2) is 4.57. The summed E-state index contributed by atoms with van der Waals surface area (Å²) in [6, 6.07) is 7.67. The first-order valence-electron chi connectivity index (χ1n) is 4.85. The molecule has 82 valence electrons. The number of rotatable bonds is 2. The number of aromatic amines is 1. The molecular formula is C11H11BrN4. The highest BCUT2D eigenvalue weighted by Gasteiger charge is 2.03. The normalized spacial score (nSPS) is 11.2. The van der Waals surface area contributed by atoms with E-state index in [4.69, 9.17) is 0 Å². The smallest absolute Gasteiger partial charge is 0.129 e. The summed E-state index contributed by atoms with van der Waals surface area (Å²) in [5.41, 5.74) is 3.42. The number of H-pyrrole nitrogens is 1. The Kier molecular flexibility index (Phi) is 3.14. The molecule has 1 N–H and O–H groups in total. The Morgan fingerprint density at radius 2 is 1.81 bits per heavy atom. The van der Waals surface area contributed by atoms with Crippen molar-refractivity contribution in [3.8, 4) is 0 Å². The van der Waals surface area contributed by atoms with Crippen molar-refractivity contribution < 1.29 is 0 Å². The highest BCUT2D eigenvalue weighted by molar-refractivity contribution is 9.10. The van der Waals surface area contributed by atoms with Gasteiger partial charge in [-0.3, -0.25) is 5.10 Å². The third kappa shape index (κ3) is 2.36. The lowest BCUT2D eigenvalue weighted by molar-refractivity contribution is 1.02. The quantitative estimate of drug-likeness (QED) is 0.823. The molecule has 0 unspecified atom stereocenters. The van der Waals surface area contributed by atoms with Crippen LogP contribution in [0.5, 0.6) is 0 Å². The molecule has 2 rings (SSSR count). The predicted octanol–water partition coefficient (Wildman–Crippen LogP) is 4.20. The number of benzene rings is 1. The van der Waals surface area contributed by atoms with Crippen molar-refractivity contribution >= 4 is 27.3 Å². The fraction of sp³-hybridized carbons (Fsp3) is 0.182. The Hall–Kier alpha value is -1.49. The Morgan fingerprint density at radius 3 is 2.38 bits per heavy atom. The fourth-order valence-corrected chi connectivity index (χ4v) is 1.57. The molecule has 0 radical (unpaired) electrons. The molecule has 0 aliphatic carbocycles. The van der Waals surface area contributed by atoms with Gasteiger partial charge in [0.1, 0.15) is 5.69 Å². The highest BCUT2D eigenvalue weighted by Crippen LogP contribution is 2.24. The zero-order valence-corrected chi connectivity index (χ0v) is 10.6. The van der Waals surface area contributed by atoms with Crippen LogP contribution in [0, 0.1) is 13.8 Å². The van der Waals surface area contributed by atoms with Crippen LogP contribution in [0.3, 0.4) is 0 Å². The lowest BCUT2D eigenvalue weighted by Gasteiger charge is -1.93. The zero-order valence-electron chi connectivity index (χ0n) is 9.03. The molecule has 0 aliphatic heterocycles. The second-order valence-corrected chi connectivity index (χ2v) is 4.37. The van der Waals surface area contributed by atoms with Gasteiger partial charge in [-0.05, 0) is 38.1 Å². The summed E-state index contributed by atoms with van der Waals surface area (Å²) in [4.78, 5) is 0. The van der Waals surface area contributed by atoms with Crippen LogP contribution in [0.2, 0.25) is 0 Å². The van der Waals surface area contributed by atoms with Crippen LogP contribution in [0.25, 0.3) is 0 Å². The lowest BCUT2D eigenvalue weighted by atomic mass is 10.3. The maximum absolute atomic E-state index is 4.18. The summed E-state index contributed by atoms with van der Waals surface area (Å²) in [7, 11) is 0. The number of azo groups is 1. The molecule has 1 aromatic heterocycles. The van der Waals surface area contributed by atoms with Crippen LogP contribution in [0.4, 0.5) is 11.4 Å². The molecule has 2 aromatic rings. The van der Waals surface area contributed by atoms with Crippen LogP contribution in [-0.4, -0.2) is 10.2 Å². The first-order chi connectivity index (χ1) is 7.66. The molecule has 16 heavy (non-hydrogen) atoms. The molecule has 0 saturated heterocycles. The number of aromatic nitrogens is 2. The Balaban J connectivity index is 2.24. The molecule has 5 heteroatoms. The van der Waals surface area contributed by atoms with Crippen molar-refractivity contribution in [3.05, 3.63) is 40.1 Å². The molecule has 1 aromatic carbocycles. The van der Waals surface area contributed by atoms with Crippen molar-refractivity contribution in [2.75, 3.05) is 0 Å². The summed E-state index contributed by atoms with van der Waals surface area (Å²) in [5, 5.41) is 15.3. The van der Waals surface area contributed by atoms with E-state index in [1.165, 1.54) is 0 Å². The van der Waals surface area contributed by atoms with Crippen molar-refractivity contribution in [3.63, 3.8) is 0 Å². The topological polar surface area (TPSA) is 53.4 Å². The van der Waals surface area contributed by atoms with E-state index in [1.807, 2.05) is 38.1 Å². The average Bonchev–Trinajstić information content (AvgIpc) is 2.59. The van der Waals surface area contributed by atoms with E-state index >= 15 is 0 Å². The summed E-state index contributed by atoms with van der Waals surface area (Å²) in [6.07, 6.45) is 0. The van der Waals surface area contributed by atoms with Crippen molar-refractivity contribution in [2.24, 2.45) is 10.2 Å². The molecule has 0 saturated carbocycles. The van der Waals surface area contributed by atoms with Gasteiger partial charge in [-0.25, -0.2) is 0 Å². The van der Waals surface area contributed by atoms with Gasteiger partial charge in [-0.2, -0.15) is 10.2 Å².